The highest BCUT2D eigenvalue weighted by molar-refractivity contribution is 7.89. The number of hydrogen-bond acceptors (Lipinski definition) is 5. The first kappa shape index (κ1) is 21.0. The molecule has 1 aromatic carbocycles. The number of piperidine rings is 1. The number of rotatable bonds is 6. The Morgan fingerprint density at radius 3 is 2.23 bits per heavy atom. The molecule has 4 rings (SSSR count). The fourth-order valence-corrected chi connectivity index (χ4v) is 5.57. The molecule has 0 spiro atoms. The van der Waals surface area contributed by atoms with Crippen molar-refractivity contribution in [2.75, 3.05) is 45.8 Å². The highest BCUT2D eigenvalue weighted by Gasteiger charge is 2.27. The Bertz CT molecular complexity index is 930. The van der Waals surface area contributed by atoms with Crippen molar-refractivity contribution in [3.8, 4) is 0 Å². The summed E-state index contributed by atoms with van der Waals surface area (Å²) in [7, 11) is -3.47. The summed E-state index contributed by atoms with van der Waals surface area (Å²) in [6.45, 7) is 5.91. The van der Waals surface area contributed by atoms with Crippen LogP contribution in [0.25, 0.3) is 0 Å². The minimum atomic E-state index is -3.47. The van der Waals surface area contributed by atoms with Crippen LogP contribution in [0.4, 0.5) is 0 Å². The summed E-state index contributed by atoms with van der Waals surface area (Å²) in [4.78, 5) is 17.3. The highest BCUT2D eigenvalue weighted by Crippen LogP contribution is 2.21. The minimum Gasteiger partial charge on any atom is -0.336 e. The Morgan fingerprint density at radius 2 is 1.60 bits per heavy atom. The van der Waals surface area contributed by atoms with Gasteiger partial charge in [-0.25, -0.2) is 8.42 Å². The van der Waals surface area contributed by atoms with Gasteiger partial charge in [-0.15, -0.1) is 0 Å². The molecule has 8 nitrogen and oxygen atoms in total. The summed E-state index contributed by atoms with van der Waals surface area (Å²) in [5, 5.41) is 4.22. The zero-order valence-corrected chi connectivity index (χ0v) is 18.0. The van der Waals surface area contributed by atoms with Crippen LogP contribution in [0.15, 0.2) is 47.6 Å². The molecule has 162 valence electrons. The average Bonchev–Trinajstić information content (AvgIpc) is 3.32. The molecule has 1 amide bonds. The first-order valence-corrected chi connectivity index (χ1v) is 12.1. The summed E-state index contributed by atoms with van der Waals surface area (Å²) >= 11 is 0. The molecule has 0 saturated carbocycles. The number of aromatic nitrogens is 2. The molecular formula is C21H29N5O3S. The van der Waals surface area contributed by atoms with Gasteiger partial charge in [0, 0.05) is 63.8 Å². The van der Waals surface area contributed by atoms with Crippen LogP contribution in [0.3, 0.4) is 0 Å². The van der Waals surface area contributed by atoms with Crippen molar-refractivity contribution in [1.29, 1.82) is 0 Å². The van der Waals surface area contributed by atoms with Gasteiger partial charge in [-0.05, 0) is 43.2 Å². The van der Waals surface area contributed by atoms with E-state index in [2.05, 4.69) is 10.00 Å². The van der Waals surface area contributed by atoms with E-state index in [1.54, 1.807) is 34.8 Å². The number of piperazine rings is 1. The van der Waals surface area contributed by atoms with Crippen molar-refractivity contribution in [3.05, 3.63) is 48.3 Å². The summed E-state index contributed by atoms with van der Waals surface area (Å²) in [5.41, 5.74) is 0.539. The number of carbonyl (C=O) groups is 1. The van der Waals surface area contributed by atoms with Crippen LogP contribution in [-0.4, -0.2) is 84.0 Å². The maximum Gasteiger partial charge on any atom is 0.253 e. The fraction of sp³-hybridized carbons (Fsp3) is 0.524. The van der Waals surface area contributed by atoms with E-state index in [9.17, 15) is 13.2 Å². The topological polar surface area (TPSA) is 78.8 Å². The van der Waals surface area contributed by atoms with Gasteiger partial charge >= 0.3 is 0 Å². The molecule has 0 bridgehead atoms. The Labute approximate surface area is 178 Å². The van der Waals surface area contributed by atoms with Gasteiger partial charge in [-0.1, -0.05) is 6.42 Å². The summed E-state index contributed by atoms with van der Waals surface area (Å²) in [6, 6.07) is 8.33. The van der Waals surface area contributed by atoms with Crippen LogP contribution in [-0.2, 0) is 16.6 Å². The fourth-order valence-electron chi connectivity index (χ4n) is 4.06. The number of sulfonamides is 1. The van der Waals surface area contributed by atoms with Gasteiger partial charge in [0.2, 0.25) is 10.0 Å². The van der Waals surface area contributed by atoms with Gasteiger partial charge < -0.3 is 4.90 Å². The van der Waals surface area contributed by atoms with Crippen molar-refractivity contribution in [3.63, 3.8) is 0 Å². The van der Waals surface area contributed by atoms with Crippen LogP contribution < -0.4 is 0 Å². The molecule has 2 fully saturated rings. The molecule has 0 radical (unpaired) electrons. The van der Waals surface area contributed by atoms with E-state index in [-0.39, 0.29) is 10.8 Å². The van der Waals surface area contributed by atoms with E-state index < -0.39 is 10.0 Å². The van der Waals surface area contributed by atoms with Gasteiger partial charge in [-0.3, -0.25) is 14.4 Å². The number of hydrogen-bond donors (Lipinski definition) is 0. The van der Waals surface area contributed by atoms with E-state index in [1.165, 1.54) is 0 Å². The van der Waals surface area contributed by atoms with Crippen molar-refractivity contribution >= 4 is 15.9 Å². The molecule has 0 atom stereocenters. The average molecular weight is 432 g/mol. The molecule has 2 aromatic rings. The molecule has 0 N–H and O–H groups in total. The lowest BCUT2D eigenvalue weighted by atomic mass is 10.2. The van der Waals surface area contributed by atoms with Gasteiger partial charge in [-0.2, -0.15) is 9.40 Å². The van der Waals surface area contributed by atoms with Crippen molar-refractivity contribution < 1.29 is 13.2 Å². The molecular weight excluding hydrogens is 402 g/mol. The van der Waals surface area contributed by atoms with Crippen LogP contribution in [0, 0.1) is 0 Å². The van der Waals surface area contributed by atoms with E-state index in [4.69, 9.17) is 0 Å². The summed E-state index contributed by atoms with van der Waals surface area (Å²) in [6.07, 6.45) is 6.62. The second kappa shape index (κ2) is 9.28. The molecule has 1 aromatic heterocycles. The normalized spacial score (nSPS) is 19.1. The first-order chi connectivity index (χ1) is 14.5. The maximum atomic E-state index is 12.8. The molecule has 2 saturated heterocycles. The van der Waals surface area contributed by atoms with Crippen molar-refractivity contribution in [2.24, 2.45) is 0 Å². The van der Waals surface area contributed by atoms with Gasteiger partial charge in [0.25, 0.3) is 5.91 Å². The summed E-state index contributed by atoms with van der Waals surface area (Å²) in [5.74, 6) is -0.0383. The van der Waals surface area contributed by atoms with Gasteiger partial charge in [0.1, 0.15) is 0 Å². The third-order valence-electron chi connectivity index (χ3n) is 5.92. The number of benzene rings is 1. The molecule has 9 heteroatoms. The first-order valence-electron chi connectivity index (χ1n) is 10.6. The number of amides is 1. The van der Waals surface area contributed by atoms with Crippen molar-refractivity contribution in [2.45, 2.75) is 30.7 Å². The molecule has 2 aliphatic rings. The van der Waals surface area contributed by atoms with Gasteiger partial charge in [0.15, 0.2) is 0 Å². The largest absolute Gasteiger partial charge is 0.336 e. The highest BCUT2D eigenvalue weighted by atomic mass is 32.2. The standard InChI is InChI=1S/C21H29N5O3S/c27-21(24-16-13-23(14-17-24)15-18-25-10-4-9-22-25)19-5-7-20(8-6-19)30(28,29)26-11-2-1-3-12-26/h4-10H,1-3,11-18H2. The maximum absolute atomic E-state index is 12.8. The van der Waals surface area contributed by atoms with E-state index in [1.807, 2.05) is 21.8 Å². The monoisotopic (exact) mass is 431 g/mol. The molecule has 0 unspecified atom stereocenters. The van der Waals surface area contributed by atoms with Crippen LogP contribution in [0.1, 0.15) is 29.6 Å². The van der Waals surface area contributed by atoms with Crippen LogP contribution in [0.5, 0.6) is 0 Å². The Hall–Kier alpha value is -2.23. The Balaban J connectivity index is 1.32. The predicted molar refractivity (Wildman–Crippen MR) is 114 cm³/mol. The molecule has 30 heavy (non-hydrogen) atoms. The van der Waals surface area contributed by atoms with E-state index in [0.717, 1.165) is 45.4 Å². The second-order valence-corrected chi connectivity index (χ2v) is 9.83. The van der Waals surface area contributed by atoms with Gasteiger partial charge in [0.05, 0.1) is 11.4 Å². The molecule has 3 heterocycles. The van der Waals surface area contributed by atoms with Crippen molar-refractivity contribution in [1.82, 2.24) is 23.9 Å². The Morgan fingerprint density at radius 1 is 0.900 bits per heavy atom. The smallest absolute Gasteiger partial charge is 0.253 e. The lowest BCUT2D eigenvalue weighted by Gasteiger charge is -2.34. The number of carbonyl (C=O) groups excluding carboxylic acids is 1. The molecule has 2 aliphatic heterocycles. The minimum absolute atomic E-state index is 0.0383. The third-order valence-corrected chi connectivity index (χ3v) is 7.83. The Kier molecular flexibility index (Phi) is 6.50. The number of nitrogens with zero attached hydrogens (tertiary/aromatic N) is 5. The zero-order chi connectivity index (χ0) is 21.0. The lowest BCUT2D eigenvalue weighted by Crippen LogP contribution is -2.49. The van der Waals surface area contributed by atoms with Crippen LogP contribution >= 0.6 is 0 Å². The summed E-state index contributed by atoms with van der Waals surface area (Å²) < 4.78 is 29.0. The molecule has 0 aliphatic carbocycles. The lowest BCUT2D eigenvalue weighted by molar-refractivity contribution is 0.0632. The van der Waals surface area contributed by atoms with Crippen LogP contribution in [0.2, 0.25) is 0 Å². The SMILES string of the molecule is O=C(c1ccc(S(=O)(=O)N2CCCCC2)cc1)N1CCN(CCn2cccn2)CC1. The van der Waals surface area contributed by atoms with E-state index in [0.29, 0.717) is 31.7 Å². The third kappa shape index (κ3) is 4.74. The quantitative estimate of drug-likeness (QED) is 0.693. The second-order valence-electron chi connectivity index (χ2n) is 7.89. The zero-order valence-electron chi connectivity index (χ0n) is 17.2. The van der Waals surface area contributed by atoms with E-state index >= 15 is 0 Å². The predicted octanol–water partition coefficient (Wildman–Crippen LogP) is 1.52.